The Hall–Kier alpha value is -6.70. The number of rotatable bonds is 5. The van der Waals surface area contributed by atoms with Crippen LogP contribution in [0.5, 0.6) is 0 Å². The van der Waals surface area contributed by atoms with Gasteiger partial charge in [0.1, 0.15) is 0 Å². The highest BCUT2D eigenvalue weighted by Gasteiger charge is 2.38. The lowest BCUT2D eigenvalue weighted by Crippen LogP contribution is -2.16. The summed E-state index contributed by atoms with van der Waals surface area (Å²) in [5, 5.41) is 5.03. The average Bonchev–Trinajstić information content (AvgIpc) is 3.63. The summed E-state index contributed by atoms with van der Waals surface area (Å²) in [5.74, 6) is 0. The van der Waals surface area contributed by atoms with E-state index in [-0.39, 0.29) is 10.8 Å². The Bertz CT molecular complexity index is 3070. The molecule has 0 saturated heterocycles. The molecule has 0 aliphatic heterocycles. The maximum atomic E-state index is 2.45. The van der Waals surface area contributed by atoms with Gasteiger partial charge < -0.3 is 4.90 Å². The molecule has 0 bridgehead atoms. The van der Waals surface area contributed by atoms with E-state index < -0.39 is 0 Å². The molecular formula is C56H43N. The summed E-state index contributed by atoms with van der Waals surface area (Å²) in [6.07, 6.45) is 0. The number of benzene rings is 9. The molecule has 0 saturated carbocycles. The zero-order chi connectivity index (χ0) is 38.5. The molecule has 0 atom stereocenters. The second kappa shape index (κ2) is 12.4. The molecule has 0 unspecified atom stereocenters. The maximum absolute atomic E-state index is 2.45. The third-order valence-electron chi connectivity index (χ3n) is 13.0. The Kier molecular flexibility index (Phi) is 7.32. The van der Waals surface area contributed by atoms with Gasteiger partial charge in [0.25, 0.3) is 0 Å². The van der Waals surface area contributed by atoms with Crippen LogP contribution < -0.4 is 4.90 Å². The lowest BCUT2D eigenvalue weighted by molar-refractivity contribution is 0.660. The van der Waals surface area contributed by atoms with E-state index in [9.17, 15) is 0 Å². The number of fused-ring (bicyclic) bond motifs is 9. The summed E-state index contributed by atoms with van der Waals surface area (Å²) in [6.45, 7) is 9.47. The van der Waals surface area contributed by atoms with Crippen molar-refractivity contribution in [1.29, 1.82) is 0 Å². The molecule has 0 spiro atoms. The number of anilines is 3. The highest BCUT2D eigenvalue weighted by molar-refractivity contribution is 6.09. The summed E-state index contributed by atoms with van der Waals surface area (Å²) in [6, 6.07) is 70.1. The fraction of sp³-hybridized carbons (Fsp3) is 0.107. The van der Waals surface area contributed by atoms with Crippen molar-refractivity contribution < 1.29 is 0 Å². The highest BCUT2D eigenvalue weighted by Crippen LogP contribution is 2.53. The lowest BCUT2D eigenvalue weighted by atomic mass is 9.79. The molecule has 2 aliphatic rings. The van der Waals surface area contributed by atoms with Gasteiger partial charge in [-0.3, -0.25) is 0 Å². The summed E-state index contributed by atoms with van der Waals surface area (Å²) in [7, 11) is 0. The first-order chi connectivity index (χ1) is 27.8. The molecule has 0 heterocycles. The Morgan fingerprint density at radius 1 is 0.333 bits per heavy atom. The van der Waals surface area contributed by atoms with Gasteiger partial charge in [-0.25, -0.2) is 0 Å². The van der Waals surface area contributed by atoms with Crippen molar-refractivity contribution in [2.24, 2.45) is 0 Å². The van der Waals surface area contributed by atoms with Crippen LogP contribution in [-0.2, 0) is 10.8 Å². The van der Waals surface area contributed by atoms with E-state index >= 15 is 0 Å². The van der Waals surface area contributed by atoms with E-state index in [0.717, 1.165) is 17.1 Å². The second-order valence-electron chi connectivity index (χ2n) is 16.9. The Labute approximate surface area is 335 Å². The summed E-state index contributed by atoms with van der Waals surface area (Å²) in [5.41, 5.74) is 19.1. The van der Waals surface area contributed by atoms with Gasteiger partial charge in [0.05, 0.1) is 5.69 Å². The second-order valence-corrected chi connectivity index (χ2v) is 16.9. The van der Waals surface area contributed by atoms with Crippen molar-refractivity contribution in [2.75, 3.05) is 4.90 Å². The van der Waals surface area contributed by atoms with Crippen molar-refractivity contribution in [3.63, 3.8) is 0 Å². The molecule has 2 aliphatic carbocycles. The van der Waals surface area contributed by atoms with Crippen LogP contribution in [0.3, 0.4) is 0 Å². The molecule has 9 aromatic rings. The topological polar surface area (TPSA) is 3.24 Å². The Morgan fingerprint density at radius 3 is 1.70 bits per heavy atom. The fourth-order valence-corrected chi connectivity index (χ4v) is 10.2. The molecule has 0 N–H and O–H groups in total. The van der Waals surface area contributed by atoms with Crippen LogP contribution in [0.1, 0.15) is 49.9 Å². The standard InChI is InChI=1S/C56H43N/c1-55(2)50-21-10-7-17-46(50)48-32-28-39(35-52(48)55)44-16-9-12-23-53(44)57(41-31-33-43-38(34-41)25-24-36-14-5-6-15-42(36)43)40-29-26-37(27-30-40)45-19-13-20-49-47-18-8-11-22-51(47)56(3,4)54(45)49/h5-35H,1-4H3. The molecule has 0 radical (unpaired) electrons. The van der Waals surface area contributed by atoms with Gasteiger partial charge in [-0.15, -0.1) is 0 Å². The van der Waals surface area contributed by atoms with E-state index in [0.29, 0.717) is 0 Å². The third-order valence-corrected chi connectivity index (χ3v) is 13.0. The van der Waals surface area contributed by atoms with Gasteiger partial charge in [-0.1, -0.05) is 179 Å². The molecule has 9 aromatic carbocycles. The largest absolute Gasteiger partial charge is 0.310 e. The van der Waals surface area contributed by atoms with Gasteiger partial charge in [0.15, 0.2) is 0 Å². The molecule has 0 fully saturated rings. The zero-order valence-electron chi connectivity index (χ0n) is 32.8. The Morgan fingerprint density at radius 2 is 0.895 bits per heavy atom. The molecule has 1 nitrogen and oxygen atoms in total. The molecule has 0 amide bonds. The number of para-hydroxylation sites is 1. The number of hydrogen-bond donors (Lipinski definition) is 0. The summed E-state index contributed by atoms with van der Waals surface area (Å²) >= 11 is 0. The van der Waals surface area contributed by atoms with Gasteiger partial charge in [0, 0.05) is 27.8 Å². The normalized spacial score (nSPS) is 14.2. The quantitative estimate of drug-likeness (QED) is 0.159. The van der Waals surface area contributed by atoms with Crippen molar-refractivity contribution in [3.8, 4) is 44.5 Å². The van der Waals surface area contributed by atoms with E-state index in [4.69, 9.17) is 0 Å². The minimum absolute atomic E-state index is 0.0823. The predicted molar refractivity (Wildman–Crippen MR) is 242 cm³/mol. The number of nitrogens with zero attached hydrogens (tertiary/aromatic N) is 1. The summed E-state index contributed by atoms with van der Waals surface area (Å²) < 4.78 is 0. The van der Waals surface area contributed by atoms with Gasteiger partial charge in [0.2, 0.25) is 0 Å². The third kappa shape index (κ3) is 5.02. The van der Waals surface area contributed by atoms with Crippen molar-refractivity contribution >= 4 is 38.6 Å². The first-order valence-corrected chi connectivity index (χ1v) is 20.2. The SMILES string of the molecule is CC1(C)c2ccccc2-c2ccc(-c3ccccc3N(c3ccc(-c4cccc5c4C(C)(C)c4ccccc4-5)cc3)c3ccc4c(ccc5ccccc54)c3)cc21. The van der Waals surface area contributed by atoms with Crippen LogP contribution in [0.4, 0.5) is 17.1 Å². The average molecular weight is 730 g/mol. The fourth-order valence-electron chi connectivity index (χ4n) is 10.2. The zero-order valence-corrected chi connectivity index (χ0v) is 32.8. The lowest BCUT2D eigenvalue weighted by Gasteiger charge is -2.29. The molecule has 272 valence electrons. The minimum atomic E-state index is -0.0901. The highest BCUT2D eigenvalue weighted by atomic mass is 15.1. The number of hydrogen-bond acceptors (Lipinski definition) is 1. The van der Waals surface area contributed by atoms with Crippen molar-refractivity contribution in [1.82, 2.24) is 0 Å². The van der Waals surface area contributed by atoms with Crippen LogP contribution in [0, 0.1) is 0 Å². The smallest absolute Gasteiger partial charge is 0.0540 e. The first-order valence-electron chi connectivity index (χ1n) is 20.2. The van der Waals surface area contributed by atoms with Crippen LogP contribution in [0.25, 0.3) is 66.1 Å². The van der Waals surface area contributed by atoms with Crippen molar-refractivity contribution in [2.45, 2.75) is 38.5 Å². The predicted octanol–water partition coefficient (Wildman–Crippen LogP) is 15.4. The van der Waals surface area contributed by atoms with E-state index in [1.807, 2.05) is 0 Å². The van der Waals surface area contributed by atoms with Crippen LogP contribution in [0.2, 0.25) is 0 Å². The molecular weight excluding hydrogens is 687 g/mol. The van der Waals surface area contributed by atoms with Gasteiger partial charge in [-0.2, -0.15) is 0 Å². The molecule has 11 rings (SSSR count). The minimum Gasteiger partial charge on any atom is -0.310 e. The maximum Gasteiger partial charge on any atom is 0.0540 e. The van der Waals surface area contributed by atoms with Crippen LogP contribution in [0.15, 0.2) is 188 Å². The first kappa shape index (κ1) is 33.6. The van der Waals surface area contributed by atoms with E-state index in [1.54, 1.807) is 0 Å². The molecule has 57 heavy (non-hydrogen) atoms. The Balaban J connectivity index is 1.07. The van der Waals surface area contributed by atoms with Crippen LogP contribution >= 0.6 is 0 Å². The molecule has 1 heteroatoms. The van der Waals surface area contributed by atoms with E-state index in [2.05, 4.69) is 221 Å². The van der Waals surface area contributed by atoms with Gasteiger partial charge >= 0.3 is 0 Å². The van der Waals surface area contributed by atoms with Gasteiger partial charge in [-0.05, 0) is 119 Å². The van der Waals surface area contributed by atoms with Crippen molar-refractivity contribution in [3.05, 3.63) is 210 Å². The molecule has 0 aromatic heterocycles. The van der Waals surface area contributed by atoms with E-state index in [1.165, 1.54) is 88.3 Å². The van der Waals surface area contributed by atoms with Crippen LogP contribution in [-0.4, -0.2) is 0 Å². The summed E-state index contributed by atoms with van der Waals surface area (Å²) in [4.78, 5) is 2.45. The monoisotopic (exact) mass is 729 g/mol.